The number of aliphatic hydroxyl groups excluding tert-OH is 1. The monoisotopic (exact) mass is 584 g/mol. The second-order valence-corrected chi connectivity index (χ2v) is 16.2. The van der Waals surface area contributed by atoms with Gasteiger partial charge in [0, 0.05) is 29.1 Å². The fourth-order valence-electron chi connectivity index (χ4n) is 7.33. The minimum atomic E-state index is -2.94. The van der Waals surface area contributed by atoms with Crippen LogP contribution < -0.4 is 14.4 Å². The quantitative estimate of drug-likeness (QED) is 0.399. The Kier molecular flexibility index (Phi) is 7.16. The maximum atomic E-state index is 13.7. The van der Waals surface area contributed by atoms with Crippen molar-refractivity contribution in [1.82, 2.24) is 4.72 Å². The first-order valence-corrected chi connectivity index (χ1v) is 16.8. The van der Waals surface area contributed by atoms with Gasteiger partial charge in [-0.3, -0.25) is 9.52 Å². The van der Waals surface area contributed by atoms with Crippen molar-refractivity contribution in [1.29, 1.82) is 0 Å². The van der Waals surface area contributed by atoms with E-state index in [0.717, 1.165) is 68.1 Å². The molecule has 216 valence electrons. The summed E-state index contributed by atoms with van der Waals surface area (Å²) in [6.07, 6.45) is 6.79. The Hall–Kier alpha value is -2.22. The van der Waals surface area contributed by atoms with Crippen molar-refractivity contribution in [2.75, 3.05) is 24.6 Å². The van der Waals surface area contributed by atoms with E-state index in [1.165, 1.54) is 11.1 Å². The third-order valence-electron chi connectivity index (χ3n) is 10.2. The van der Waals surface area contributed by atoms with Crippen LogP contribution in [0, 0.1) is 11.8 Å². The highest BCUT2D eigenvalue weighted by Gasteiger charge is 2.44. The normalized spacial score (nSPS) is 33.6. The number of nitrogens with zero attached hydrogens (tertiary/aromatic N) is 1. The molecule has 0 aromatic heterocycles. The van der Waals surface area contributed by atoms with Gasteiger partial charge >= 0.3 is 0 Å². The minimum absolute atomic E-state index is 0.202. The van der Waals surface area contributed by atoms with Crippen LogP contribution in [0.25, 0.3) is 0 Å². The number of nitrogens with one attached hydrogen (secondary N) is 1. The average Bonchev–Trinajstić information content (AvgIpc) is 3.02. The van der Waals surface area contributed by atoms with Crippen molar-refractivity contribution < 1.29 is 18.8 Å². The number of aliphatic hydroxyl groups is 1. The lowest BCUT2D eigenvalue weighted by molar-refractivity contribution is 0.00882. The zero-order valence-electron chi connectivity index (χ0n) is 23.6. The highest BCUT2D eigenvalue weighted by Crippen LogP contribution is 2.47. The van der Waals surface area contributed by atoms with Crippen LogP contribution in [0.5, 0.6) is 5.75 Å². The summed E-state index contributed by atoms with van der Waals surface area (Å²) in [6, 6.07) is 11.8. The van der Waals surface area contributed by atoms with Gasteiger partial charge in [-0.15, -0.1) is 0 Å². The molecule has 2 aromatic rings. The molecule has 6 rings (SSSR count). The van der Waals surface area contributed by atoms with Gasteiger partial charge in [-0.2, -0.15) is 0 Å². The number of amides is 1. The van der Waals surface area contributed by atoms with Gasteiger partial charge in [0.15, 0.2) is 0 Å². The van der Waals surface area contributed by atoms with Crippen molar-refractivity contribution >= 4 is 38.8 Å². The molecule has 1 amide bonds. The number of hydrogen-bond donors (Lipinski definition) is 2. The van der Waals surface area contributed by atoms with Crippen molar-refractivity contribution in [2.24, 2.45) is 11.8 Å². The first-order valence-electron chi connectivity index (χ1n) is 14.7. The van der Waals surface area contributed by atoms with E-state index in [-0.39, 0.29) is 17.2 Å². The summed E-state index contributed by atoms with van der Waals surface area (Å²) < 4.78 is 22.3. The molecule has 2 aliphatic heterocycles. The molecule has 40 heavy (non-hydrogen) atoms. The van der Waals surface area contributed by atoms with Crippen molar-refractivity contribution in [2.45, 2.75) is 81.5 Å². The maximum absolute atomic E-state index is 13.7. The highest BCUT2D eigenvalue weighted by molar-refractivity contribution is 8.00. The fourth-order valence-corrected chi connectivity index (χ4v) is 8.69. The molecule has 1 saturated carbocycles. The van der Waals surface area contributed by atoms with Crippen molar-refractivity contribution in [3.8, 4) is 5.75 Å². The zero-order chi connectivity index (χ0) is 28.3. The summed E-state index contributed by atoms with van der Waals surface area (Å²) in [5, 5.41) is 12.0. The van der Waals surface area contributed by atoms with Gasteiger partial charge < -0.3 is 14.7 Å². The highest BCUT2D eigenvalue weighted by atomic mass is 35.5. The maximum Gasteiger partial charge on any atom is 0.262 e. The Morgan fingerprint density at radius 2 is 1.95 bits per heavy atom. The first kappa shape index (κ1) is 27.9. The molecule has 1 unspecified atom stereocenters. The second kappa shape index (κ2) is 10.2. The minimum Gasteiger partial charge on any atom is -0.490 e. The smallest absolute Gasteiger partial charge is 0.262 e. The van der Waals surface area contributed by atoms with Crippen LogP contribution in [0.2, 0.25) is 5.02 Å². The van der Waals surface area contributed by atoms with E-state index in [1.807, 2.05) is 32.0 Å². The van der Waals surface area contributed by atoms with E-state index in [1.54, 1.807) is 6.07 Å². The molecular weight excluding hydrogens is 544 g/mol. The van der Waals surface area contributed by atoms with Crippen LogP contribution >= 0.6 is 11.6 Å². The lowest BCUT2D eigenvalue weighted by Crippen LogP contribution is -2.49. The molecule has 0 saturated heterocycles. The largest absolute Gasteiger partial charge is 0.490 e. The Bertz CT molecular complexity index is 1420. The Morgan fingerprint density at radius 1 is 1.12 bits per heavy atom. The van der Waals surface area contributed by atoms with Crippen LogP contribution in [0.3, 0.4) is 0 Å². The van der Waals surface area contributed by atoms with Gasteiger partial charge in [-0.1, -0.05) is 17.7 Å². The summed E-state index contributed by atoms with van der Waals surface area (Å²) >= 11 is 6.39. The molecule has 4 aliphatic rings. The van der Waals surface area contributed by atoms with Crippen molar-refractivity contribution in [3.63, 3.8) is 0 Å². The number of benzene rings is 2. The predicted octanol–water partition coefficient (Wildman–Crippen LogP) is 5.52. The molecule has 0 radical (unpaired) electrons. The van der Waals surface area contributed by atoms with E-state index >= 15 is 0 Å². The average molecular weight is 585 g/mol. The number of halogens is 1. The molecule has 6 nitrogen and oxygen atoms in total. The van der Waals surface area contributed by atoms with E-state index < -0.39 is 20.6 Å². The first-order chi connectivity index (χ1) is 19.0. The molecule has 1 spiro atoms. The molecular formula is C32H41ClN2O4S. The molecule has 2 aromatic carbocycles. The van der Waals surface area contributed by atoms with Gasteiger partial charge in [0.2, 0.25) is 0 Å². The number of carbonyl (C=O) groups excluding carboxylic acids is 1. The van der Waals surface area contributed by atoms with Crippen LogP contribution in [-0.4, -0.2) is 51.6 Å². The number of fused-ring (bicyclic) bond motifs is 4. The van der Waals surface area contributed by atoms with Gasteiger partial charge in [0.1, 0.15) is 5.75 Å². The van der Waals surface area contributed by atoms with Crippen LogP contribution in [0.1, 0.15) is 80.3 Å². The lowest BCUT2D eigenvalue weighted by Gasteiger charge is -2.45. The summed E-state index contributed by atoms with van der Waals surface area (Å²) in [6.45, 7) is 5.89. The standard InChI is InChI=1S/C32H41ClN2O4S/c1-31(2)14-5-7-28(36)25-11-8-23(25)18-35-19-32(15-4-6-21-16-24(33)10-12-26(21)32)20-39-29-13-9-22(17-27(29)35)30(37)34-40(31,3)38/h9-10,12-13,16-17,23,25,28,36H,3-8,11,14-15,18-20H2,1-2H3,(H,34,37,38)/t23-,25+,28-,32-,40?/m0/s1. The SMILES string of the molecule is C=S1(=O)NC(=O)c2ccc3c(c2)N(C[C@@H]2CC[C@H]2[C@@H](O)CCCC1(C)C)C[C@@]1(CCCc2cc(Cl)ccc21)CO3. The van der Waals surface area contributed by atoms with Gasteiger partial charge in [0.05, 0.1) is 32.9 Å². The molecule has 2 heterocycles. The summed E-state index contributed by atoms with van der Waals surface area (Å²) in [7, 11) is -2.94. The Balaban J connectivity index is 1.43. The van der Waals surface area contributed by atoms with Crippen molar-refractivity contribution in [3.05, 3.63) is 58.1 Å². The van der Waals surface area contributed by atoms with Crippen LogP contribution in [0.15, 0.2) is 36.4 Å². The van der Waals surface area contributed by atoms with Gasteiger partial charge in [-0.05, 0) is 124 Å². The van der Waals surface area contributed by atoms with Crippen LogP contribution in [0.4, 0.5) is 5.69 Å². The van der Waals surface area contributed by atoms with Crippen LogP contribution in [-0.2, 0) is 21.5 Å². The number of carbonyl (C=O) groups is 1. The fraction of sp³-hybridized carbons (Fsp3) is 0.562. The van der Waals surface area contributed by atoms with E-state index in [9.17, 15) is 14.1 Å². The van der Waals surface area contributed by atoms with E-state index in [0.29, 0.717) is 30.9 Å². The lowest BCUT2D eigenvalue weighted by atomic mass is 9.68. The summed E-state index contributed by atoms with van der Waals surface area (Å²) in [5.74, 6) is 4.93. The molecule has 2 aliphatic carbocycles. The van der Waals surface area contributed by atoms with E-state index in [2.05, 4.69) is 27.6 Å². The summed E-state index contributed by atoms with van der Waals surface area (Å²) in [4.78, 5) is 15.9. The second-order valence-electron chi connectivity index (χ2n) is 13.1. The third-order valence-corrected chi connectivity index (χ3v) is 12.9. The Labute approximate surface area is 243 Å². The number of rotatable bonds is 0. The number of aryl methyl sites for hydroxylation is 1. The molecule has 2 bridgehead atoms. The summed E-state index contributed by atoms with van der Waals surface area (Å²) in [5.41, 5.74) is 3.72. The number of hydrogen-bond acceptors (Lipinski definition) is 5. The topological polar surface area (TPSA) is 78.9 Å². The molecule has 1 fully saturated rings. The molecule has 5 atom stereocenters. The van der Waals surface area contributed by atoms with E-state index in [4.69, 9.17) is 16.3 Å². The Morgan fingerprint density at radius 3 is 2.73 bits per heavy atom. The van der Waals surface area contributed by atoms with Gasteiger partial charge in [-0.25, -0.2) is 4.21 Å². The molecule has 2 N–H and O–H groups in total. The molecule has 8 heteroatoms. The van der Waals surface area contributed by atoms with Gasteiger partial charge in [0.25, 0.3) is 5.91 Å². The predicted molar refractivity (Wildman–Crippen MR) is 163 cm³/mol. The third kappa shape index (κ3) is 4.92. The zero-order valence-corrected chi connectivity index (χ0v) is 25.2. The number of ether oxygens (including phenoxy) is 1. The number of anilines is 1.